The van der Waals surface area contributed by atoms with Crippen LogP contribution in [0.5, 0.6) is 17.4 Å². The van der Waals surface area contributed by atoms with Crippen LogP contribution in [0.1, 0.15) is 11.3 Å². The van der Waals surface area contributed by atoms with Crippen LogP contribution in [0, 0.1) is 13.8 Å². The molecule has 2 aromatic rings. The molecule has 1 N–H and O–H groups in total. The number of aromatic nitrogens is 2. The third-order valence-corrected chi connectivity index (χ3v) is 2.24. The van der Waals surface area contributed by atoms with Crippen LogP contribution in [0.2, 0.25) is 0 Å². The van der Waals surface area contributed by atoms with Crippen molar-refractivity contribution in [1.29, 1.82) is 0 Å². The molecule has 0 amide bonds. The molecule has 0 aliphatic carbocycles. The summed E-state index contributed by atoms with van der Waals surface area (Å²) < 4.78 is 5.51. The molecule has 0 saturated heterocycles. The van der Waals surface area contributed by atoms with Crippen LogP contribution in [0.3, 0.4) is 0 Å². The molecular formula is C12H12N2O2. The maximum Gasteiger partial charge on any atom is 0.238 e. The van der Waals surface area contributed by atoms with Gasteiger partial charge in [0.05, 0.1) is 5.69 Å². The van der Waals surface area contributed by atoms with Gasteiger partial charge in [0.1, 0.15) is 11.5 Å². The summed E-state index contributed by atoms with van der Waals surface area (Å²) in [5.74, 6) is 1.20. The lowest BCUT2D eigenvalue weighted by molar-refractivity contribution is 0.434. The lowest BCUT2D eigenvalue weighted by atomic mass is 10.2. The minimum absolute atomic E-state index is 0.206. The number of phenolic OH excluding ortho intramolecular Hbond substituents is 1. The Bertz CT molecular complexity index is 495. The van der Waals surface area contributed by atoms with E-state index in [1.165, 1.54) is 0 Å². The zero-order valence-electron chi connectivity index (χ0n) is 9.14. The Labute approximate surface area is 93.5 Å². The molecule has 4 heteroatoms. The van der Waals surface area contributed by atoms with Gasteiger partial charge in [-0.25, -0.2) is 0 Å². The molecule has 16 heavy (non-hydrogen) atoms. The molecule has 0 saturated carbocycles. The quantitative estimate of drug-likeness (QED) is 0.838. The fourth-order valence-electron chi connectivity index (χ4n) is 1.27. The van der Waals surface area contributed by atoms with Crippen molar-refractivity contribution < 1.29 is 9.84 Å². The van der Waals surface area contributed by atoms with E-state index in [1.807, 2.05) is 13.0 Å². The van der Waals surface area contributed by atoms with E-state index in [-0.39, 0.29) is 5.75 Å². The van der Waals surface area contributed by atoms with Gasteiger partial charge in [0, 0.05) is 11.6 Å². The molecule has 0 atom stereocenters. The summed E-state index contributed by atoms with van der Waals surface area (Å²) in [5.41, 5.74) is 1.52. The normalized spacial score (nSPS) is 10.1. The van der Waals surface area contributed by atoms with Crippen molar-refractivity contribution in [3.63, 3.8) is 0 Å². The summed E-state index contributed by atoms with van der Waals surface area (Å²) in [6.45, 7) is 3.64. The second-order valence-electron chi connectivity index (χ2n) is 3.52. The molecule has 0 unspecified atom stereocenters. The summed E-state index contributed by atoms with van der Waals surface area (Å²) in [5, 5.41) is 17.3. The maximum absolute atomic E-state index is 9.51. The van der Waals surface area contributed by atoms with Crippen LogP contribution >= 0.6 is 0 Å². The fraction of sp³-hybridized carbons (Fsp3) is 0.167. The molecule has 0 fully saturated rings. The first kappa shape index (κ1) is 10.4. The topological polar surface area (TPSA) is 55.2 Å². The summed E-state index contributed by atoms with van der Waals surface area (Å²) in [6.07, 6.45) is 0. The smallest absolute Gasteiger partial charge is 0.238 e. The average Bonchev–Trinajstić information content (AvgIpc) is 2.28. The Morgan fingerprint density at radius 3 is 2.56 bits per heavy atom. The van der Waals surface area contributed by atoms with Gasteiger partial charge in [-0.3, -0.25) is 0 Å². The van der Waals surface area contributed by atoms with Gasteiger partial charge < -0.3 is 9.84 Å². The van der Waals surface area contributed by atoms with Gasteiger partial charge in [-0.05, 0) is 32.0 Å². The largest absolute Gasteiger partial charge is 0.508 e. The van der Waals surface area contributed by atoms with Crippen LogP contribution in [-0.2, 0) is 0 Å². The first-order valence-electron chi connectivity index (χ1n) is 4.93. The summed E-state index contributed by atoms with van der Waals surface area (Å²) in [7, 11) is 0. The lowest BCUT2D eigenvalue weighted by Crippen LogP contribution is -1.93. The number of benzene rings is 1. The Kier molecular flexibility index (Phi) is 2.72. The Balaban J connectivity index is 2.27. The zero-order valence-corrected chi connectivity index (χ0v) is 9.14. The van der Waals surface area contributed by atoms with Gasteiger partial charge in [0.2, 0.25) is 5.88 Å². The Hall–Kier alpha value is -2.10. The molecule has 0 aliphatic rings. The maximum atomic E-state index is 9.51. The van der Waals surface area contributed by atoms with E-state index in [0.717, 1.165) is 5.69 Å². The molecule has 4 nitrogen and oxygen atoms in total. The van der Waals surface area contributed by atoms with E-state index >= 15 is 0 Å². The third kappa shape index (κ3) is 2.11. The second kappa shape index (κ2) is 4.18. The van der Waals surface area contributed by atoms with Gasteiger partial charge >= 0.3 is 0 Å². The van der Waals surface area contributed by atoms with Crippen LogP contribution in [0.25, 0.3) is 0 Å². The van der Waals surface area contributed by atoms with Gasteiger partial charge in [-0.1, -0.05) is 6.07 Å². The SMILES string of the molecule is Cc1ccc(Oc2cccc(O)c2C)nn1. The van der Waals surface area contributed by atoms with Gasteiger partial charge in [0.15, 0.2) is 0 Å². The van der Waals surface area contributed by atoms with Gasteiger partial charge in [-0.2, -0.15) is 5.10 Å². The number of hydrogen-bond acceptors (Lipinski definition) is 4. The van der Waals surface area contributed by atoms with Crippen LogP contribution in [0.15, 0.2) is 30.3 Å². The monoisotopic (exact) mass is 216 g/mol. The highest BCUT2D eigenvalue weighted by Crippen LogP contribution is 2.29. The predicted octanol–water partition coefficient (Wildman–Crippen LogP) is 2.59. The molecular weight excluding hydrogens is 204 g/mol. The molecule has 1 aromatic heterocycles. The zero-order chi connectivity index (χ0) is 11.5. The predicted molar refractivity (Wildman–Crippen MR) is 59.7 cm³/mol. The van der Waals surface area contributed by atoms with Crippen LogP contribution in [0.4, 0.5) is 0 Å². The summed E-state index contributed by atoms with van der Waals surface area (Å²) in [6, 6.07) is 8.67. The summed E-state index contributed by atoms with van der Waals surface area (Å²) >= 11 is 0. The van der Waals surface area contributed by atoms with Crippen LogP contribution < -0.4 is 4.74 Å². The molecule has 2 rings (SSSR count). The van der Waals surface area contributed by atoms with Crippen molar-refractivity contribution >= 4 is 0 Å². The van der Waals surface area contributed by atoms with Crippen molar-refractivity contribution in [2.24, 2.45) is 0 Å². The Morgan fingerprint density at radius 2 is 1.88 bits per heavy atom. The number of rotatable bonds is 2. The molecule has 1 aromatic carbocycles. The van der Waals surface area contributed by atoms with Crippen molar-refractivity contribution in [2.75, 3.05) is 0 Å². The standard InChI is InChI=1S/C12H12N2O2/c1-8-6-7-12(14-13-8)16-11-5-3-4-10(15)9(11)2/h3-7,15H,1-2H3. The van der Waals surface area contributed by atoms with E-state index in [2.05, 4.69) is 10.2 Å². The highest BCUT2D eigenvalue weighted by atomic mass is 16.5. The van der Waals surface area contributed by atoms with Gasteiger partial charge in [0.25, 0.3) is 0 Å². The molecule has 0 radical (unpaired) electrons. The Morgan fingerprint density at radius 1 is 1.06 bits per heavy atom. The van der Waals surface area contributed by atoms with E-state index in [0.29, 0.717) is 17.2 Å². The molecule has 0 bridgehead atoms. The number of aromatic hydroxyl groups is 1. The van der Waals surface area contributed by atoms with Crippen LogP contribution in [-0.4, -0.2) is 15.3 Å². The number of nitrogens with zero attached hydrogens (tertiary/aromatic N) is 2. The average molecular weight is 216 g/mol. The minimum atomic E-state index is 0.206. The highest BCUT2D eigenvalue weighted by molar-refractivity contribution is 5.43. The van der Waals surface area contributed by atoms with Crippen molar-refractivity contribution in [1.82, 2.24) is 10.2 Å². The van der Waals surface area contributed by atoms with Crippen molar-refractivity contribution in [3.05, 3.63) is 41.6 Å². The minimum Gasteiger partial charge on any atom is -0.508 e. The number of ether oxygens (including phenoxy) is 1. The fourth-order valence-corrected chi connectivity index (χ4v) is 1.27. The van der Waals surface area contributed by atoms with Gasteiger partial charge in [-0.15, -0.1) is 5.10 Å². The molecule has 0 spiro atoms. The molecule has 1 heterocycles. The lowest BCUT2D eigenvalue weighted by Gasteiger charge is -2.08. The first-order chi connectivity index (χ1) is 7.66. The van der Waals surface area contributed by atoms with E-state index in [4.69, 9.17) is 4.74 Å². The molecule has 82 valence electrons. The van der Waals surface area contributed by atoms with Crippen molar-refractivity contribution in [2.45, 2.75) is 13.8 Å². The summed E-state index contributed by atoms with van der Waals surface area (Å²) in [4.78, 5) is 0. The second-order valence-corrected chi connectivity index (χ2v) is 3.52. The number of hydrogen-bond donors (Lipinski definition) is 1. The van der Waals surface area contributed by atoms with E-state index < -0.39 is 0 Å². The molecule has 0 aliphatic heterocycles. The highest BCUT2D eigenvalue weighted by Gasteiger charge is 2.05. The number of aryl methyl sites for hydroxylation is 1. The first-order valence-corrected chi connectivity index (χ1v) is 4.93. The van der Waals surface area contributed by atoms with E-state index in [1.54, 1.807) is 31.2 Å². The third-order valence-electron chi connectivity index (χ3n) is 2.24. The van der Waals surface area contributed by atoms with E-state index in [9.17, 15) is 5.11 Å². The number of phenols is 1. The van der Waals surface area contributed by atoms with Crippen molar-refractivity contribution in [3.8, 4) is 17.4 Å².